The second-order valence-corrected chi connectivity index (χ2v) is 8.26. The fraction of sp³-hybridized carbons (Fsp3) is 0.500. The molecule has 5 nitrogen and oxygen atoms in total. The van der Waals surface area contributed by atoms with Gasteiger partial charge in [-0.1, -0.05) is 6.07 Å². The number of sulfone groups is 1. The van der Waals surface area contributed by atoms with Gasteiger partial charge in [0.15, 0.2) is 14.9 Å². The zero-order valence-corrected chi connectivity index (χ0v) is 14.5. The number of hydrogen-bond donors (Lipinski definition) is 1. The Morgan fingerprint density at radius 3 is 2.59 bits per heavy atom. The van der Waals surface area contributed by atoms with Gasteiger partial charge in [-0.05, 0) is 43.3 Å². The Kier molecular flexibility index (Phi) is 5.03. The summed E-state index contributed by atoms with van der Waals surface area (Å²) in [5.41, 5.74) is 1.10. The maximum absolute atomic E-state index is 13.6. The van der Waals surface area contributed by atoms with E-state index in [4.69, 9.17) is 12.2 Å². The second-order valence-electron chi connectivity index (χ2n) is 5.64. The number of nitrogens with zero attached hydrogens (tertiary/aromatic N) is 2. The lowest BCUT2D eigenvalue weighted by Gasteiger charge is -2.36. The van der Waals surface area contributed by atoms with Gasteiger partial charge in [-0.3, -0.25) is 5.01 Å². The van der Waals surface area contributed by atoms with E-state index in [1.807, 2.05) is 0 Å². The number of hydrogen-bond acceptors (Lipinski definition) is 4. The number of hydrazine groups is 1. The van der Waals surface area contributed by atoms with Crippen LogP contribution in [-0.4, -0.2) is 55.2 Å². The molecule has 0 bridgehead atoms. The van der Waals surface area contributed by atoms with Crippen LogP contribution in [0.15, 0.2) is 18.2 Å². The first-order valence-corrected chi connectivity index (χ1v) is 9.16. The summed E-state index contributed by atoms with van der Waals surface area (Å²) in [6.45, 7) is 1.69. The predicted molar refractivity (Wildman–Crippen MR) is 89.9 cm³/mol. The maximum atomic E-state index is 13.6. The molecule has 22 heavy (non-hydrogen) atoms. The Bertz CT molecular complexity index is 677. The number of rotatable bonds is 3. The van der Waals surface area contributed by atoms with Gasteiger partial charge >= 0.3 is 0 Å². The van der Waals surface area contributed by atoms with Crippen molar-refractivity contribution in [1.82, 2.24) is 10.0 Å². The molecule has 0 amide bonds. The molecule has 0 saturated carbocycles. The Balaban J connectivity index is 2.15. The summed E-state index contributed by atoms with van der Waals surface area (Å²) in [6, 6.07) is 4.58. The number of anilines is 1. The number of halogens is 1. The molecule has 1 saturated heterocycles. The zero-order valence-electron chi connectivity index (χ0n) is 12.8. The van der Waals surface area contributed by atoms with Gasteiger partial charge in [-0.15, -0.1) is 0 Å². The van der Waals surface area contributed by atoms with E-state index in [2.05, 4.69) is 5.32 Å². The van der Waals surface area contributed by atoms with Crippen molar-refractivity contribution < 1.29 is 12.8 Å². The van der Waals surface area contributed by atoms with Gasteiger partial charge in [0.05, 0.1) is 17.5 Å². The molecule has 8 heteroatoms. The van der Waals surface area contributed by atoms with E-state index >= 15 is 0 Å². The van der Waals surface area contributed by atoms with Crippen LogP contribution in [0.25, 0.3) is 0 Å². The SMILES string of the molecule is Cc1ccc(NC(=S)N([C@H]2CCS(=O)(=O)C2)N(C)C)cc1F. The summed E-state index contributed by atoms with van der Waals surface area (Å²) in [5.74, 6) is -0.0633. The summed E-state index contributed by atoms with van der Waals surface area (Å²) in [5, 5.41) is 6.82. The summed E-state index contributed by atoms with van der Waals surface area (Å²) in [4.78, 5) is 0. The van der Waals surface area contributed by atoms with E-state index in [-0.39, 0.29) is 23.4 Å². The van der Waals surface area contributed by atoms with Crippen molar-refractivity contribution in [1.29, 1.82) is 0 Å². The monoisotopic (exact) mass is 345 g/mol. The van der Waals surface area contributed by atoms with Crippen LogP contribution in [0.2, 0.25) is 0 Å². The highest BCUT2D eigenvalue weighted by molar-refractivity contribution is 7.91. The van der Waals surface area contributed by atoms with Crippen molar-refractivity contribution in [3.8, 4) is 0 Å². The third-order valence-electron chi connectivity index (χ3n) is 3.62. The fourth-order valence-corrected chi connectivity index (χ4v) is 4.62. The molecular formula is C14H20FN3O2S2. The molecule has 2 rings (SSSR count). The lowest BCUT2D eigenvalue weighted by Crippen LogP contribution is -2.51. The fourth-order valence-electron chi connectivity index (χ4n) is 2.49. The van der Waals surface area contributed by atoms with Crippen molar-refractivity contribution >= 4 is 32.9 Å². The maximum Gasteiger partial charge on any atom is 0.188 e. The van der Waals surface area contributed by atoms with Crippen LogP contribution in [0.5, 0.6) is 0 Å². The Labute approximate surface area is 136 Å². The number of nitrogens with one attached hydrogen (secondary N) is 1. The Morgan fingerprint density at radius 1 is 1.41 bits per heavy atom. The van der Waals surface area contributed by atoms with Gasteiger partial charge < -0.3 is 5.32 Å². The highest BCUT2D eigenvalue weighted by Gasteiger charge is 2.34. The normalized spacial score (nSPS) is 20.1. The summed E-state index contributed by atoms with van der Waals surface area (Å²) in [6.07, 6.45) is 0.532. The van der Waals surface area contributed by atoms with Gasteiger partial charge in [0.1, 0.15) is 5.82 Å². The van der Waals surface area contributed by atoms with Gasteiger partial charge in [-0.25, -0.2) is 17.8 Å². The standard InChI is InChI=1S/C14H20FN3O2S2/c1-10-4-5-11(8-13(10)15)16-14(21)18(17(2)3)12-6-7-22(19,20)9-12/h4-5,8,12H,6-7,9H2,1-3H3,(H,16,21)/t12-/m0/s1. The molecule has 1 fully saturated rings. The molecule has 1 aromatic rings. The lowest BCUT2D eigenvalue weighted by atomic mass is 10.2. The highest BCUT2D eigenvalue weighted by atomic mass is 32.2. The molecule has 0 unspecified atom stereocenters. The average Bonchev–Trinajstić information content (AvgIpc) is 2.73. The van der Waals surface area contributed by atoms with Gasteiger partial charge in [-0.2, -0.15) is 0 Å². The van der Waals surface area contributed by atoms with Gasteiger partial charge in [0.25, 0.3) is 0 Å². The first kappa shape index (κ1) is 17.1. The van der Waals surface area contributed by atoms with Crippen LogP contribution in [0, 0.1) is 12.7 Å². The first-order chi connectivity index (χ1) is 10.2. The zero-order chi connectivity index (χ0) is 16.5. The van der Waals surface area contributed by atoms with Crippen LogP contribution in [0.1, 0.15) is 12.0 Å². The van der Waals surface area contributed by atoms with Crippen LogP contribution < -0.4 is 5.32 Å². The van der Waals surface area contributed by atoms with Crippen LogP contribution >= 0.6 is 12.2 Å². The second kappa shape index (κ2) is 6.47. The molecule has 122 valence electrons. The van der Waals surface area contributed by atoms with Crippen molar-refractivity contribution in [3.05, 3.63) is 29.6 Å². The van der Waals surface area contributed by atoms with Crippen molar-refractivity contribution in [2.75, 3.05) is 30.9 Å². The highest BCUT2D eigenvalue weighted by Crippen LogP contribution is 2.21. The quantitative estimate of drug-likeness (QED) is 0.666. The van der Waals surface area contributed by atoms with E-state index in [0.29, 0.717) is 22.8 Å². The third-order valence-corrected chi connectivity index (χ3v) is 5.66. The topological polar surface area (TPSA) is 52.7 Å². The minimum Gasteiger partial charge on any atom is -0.331 e. The van der Waals surface area contributed by atoms with Crippen molar-refractivity contribution in [2.24, 2.45) is 0 Å². The minimum atomic E-state index is -3.01. The van der Waals surface area contributed by atoms with Gasteiger partial charge in [0.2, 0.25) is 0 Å². The molecule has 1 N–H and O–H groups in total. The largest absolute Gasteiger partial charge is 0.331 e. The lowest BCUT2D eigenvalue weighted by molar-refractivity contribution is 0.0757. The molecule has 1 heterocycles. The smallest absolute Gasteiger partial charge is 0.188 e. The van der Waals surface area contributed by atoms with Crippen molar-refractivity contribution in [2.45, 2.75) is 19.4 Å². The van der Waals surface area contributed by atoms with E-state index in [1.54, 1.807) is 43.2 Å². The van der Waals surface area contributed by atoms with Gasteiger partial charge in [0, 0.05) is 19.8 Å². The summed E-state index contributed by atoms with van der Waals surface area (Å²) in [7, 11) is 0.592. The Morgan fingerprint density at radius 2 is 2.09 bits per heavy atom. The molecular weight excluding hydrogens is 325 g/mol. The molecule has 1 aliphatic rings. The molecule has 1 atom stereocenters. The first-order valence-electron chi connectivity index (χ1n) is 6.93. The Hall–Kier alpha value is -1.25. The summed E-state index contributed by atoms with van der Waals surface area (Å²) < 4.78 is 37.0. The molecule has 1 aliphatic heterocycles. The molecule has 0 radical (unpaired) electrons. The number of benzene rings is 1. The van der Waals surface area contributed by atoms with E-state index in [0.717, 1.165) is 0 Å². The number of aryl methyl sites for hydroxylation is 1. The predicted octanol–water partition coefficient (Wildman–Crippen LogP) is 1.80. The van der Waals surface area contributed by atoms with E-state index in [9.17, 15) is 12.8 Å². The van der Waals surface area contributed by atoms with Crippen molar-refractivity contribution in [3.63, 3.8) is 0 Å². The number of thiocarbonyl (C=S) groups is 1. The average molecular weight is 345 g/mol. The molecule has 1 aromatic carbocycles. The van der Waals surface area contributed by atoms with Crippen LogP contribution in [0.4, 0.5) is 10.1 Å². The third kappa shape index (κ3) is 3.93. The minimum absolute atomic E-state index is 0.0786. The molecule has 0 aromatic heterocycles. The van der Waals surface area contributed by atoms with Crippen LogP contribution in [-0.2, 0) is 9.84 Å². The van der Waals surface area contributed by atoms with E-state index in [1.165, 1.54) is 6.07 Å². The van der Waals surface area contributed by atoms with E-state index < -0.39 is 9.84 Å². The van der Waals surface area contributed by atoms with Crippen LogP contribution in [0.3, 0.4) is 0 Å². The molecule has 0 aliphatic carbocycles. The molecule has 0 spiro atoms. The summed E-state index contributed by atoms with van der Waals surface area (Å²) >= 11 is 5.38.